The number of rotatable bonds is 5. The van der Waals surface area contributed by atoms with E-state index in [0.29, 0.717) is 11.6 Å². The number of hydrazine groups is 1. The predicted molar refractivity (Wildman–Crippen MR) is 78.2 cm³/mol. The Kier molecular flexibility index (Phi) is 4.87. The Hall–Kier alpha value is -1.01. The van der Waals surface area contributed by atoms with Crippen LogP contribution >= 0.6 is 27.5 Å². The smallest absolute Gasteiger partial charge is 0.197 e. The maximum Gasteiger partial charge on any atom is 0.197 e. The van der Waals surface area contributed by atoms with Gasteiger partial charge in [0.15, 0.2) is 5.22 Å². The van der Waals surface area contributed by atoms with Gasteiger partial charge in [-0.25, -0.2) is 0 Å². The molecule has 0 aliphatic carbocycles. The first-order valence-electron chi connectivity index (χ1n) is 5.67. The van der Waals surface area contributed by atoms with E-state index in [1.807, 2.05) is 18.2 Å². The topological polar surface area (TPSA) is 60.4 Å². The third-order valence-corrected chi connectivity index (χ3v) is 3.98. The molecule has 102 valence electrons. The van der Waals surface area contributed by atoms with E-state index in [-0.39, 0.29) is 6.04 Å². The molecular formula is C13H14BrClN2O2. The van der Waals surface area contributed by atoms with E-state index in [2.05, 4.69) is 21.4 Å². The maximum absolute atomic E-state index is 5.98. The molecule has 19 heavy (non-hydrogen) atoms. The Morgan fingerprint density at radius 1 is 1.47 bits per heavy atom. The van der Waals surface area contributed by atoms with Crippen LogP contribution in [0.2, 0.25) is 5.22 Å². The highest BCUT2D eigenvalue weighted by Crippen LogP contribution is 2.30. The number of hydrogen-bond donors (Lipinski definition) is 2. The molecule has 0 aliphatic heterocycles. The van der Waals surface area contributed by atoms with Crippen molar-refractivity contribution >= 4 is 27.5 Å². The summed E-state index contributed by atoms with van der Waals surface area (Å²) in [5, 5.41) is 0.349. The van der Waals surface area contributed by atoms with Crippen molar-refractivity contribution in [2.24, 2.45) is 5.84 Å². The monoisotopic (exact) mass is 344 g/mol. The van der Waals surface area contributed by atoms with Crippen LogP contribution in [0, 0.1) is 0 Å². The van der Waals surface area contributed by atoms with Crippen molar-refractivity contribution in [2.75, 3.05) is 7.11 Å². The summed E-state index contributed by atoms with van der Waals surface area (Å²) in [7, 11) is 1.64. The fourth-order valence-electron chi connectivity index (χ4n) is 1.87. The molecule has 0 saturated heterocycles. The molecule has 0 aliphatic rings. The average Bonchev–Trinajstić information content (AvgIpc) is 2.84. The quantitative estimate of drug-likeness (QED) is 0.643. The van der Waals surface area contributed by atoms with Crippen LogP contribution in [0.1, 0.15) is 17.2 Å². The molecule has 1 atom stereocenters. The average molecular weight is 346 g/mol. The molecule has 6 heteroatoms. The van der Waals surface area contributed by atoms with Gasteiger partial charge >= 0.3 is 0 Å². The normalized spacial score (nSPS) is 12.4. The zero-order chi connectivity index (χ0) is 13.8. The van der Waals surface area contributed by atoms with Gasteiger partial charge in [-0.3, -0.25) is 11.3 Å². The lowest BCUT2D eigenvalue weighted by molar-refractivity contribution is 0.413. The van der Waals surface area contributed by atoms with E-state index in [0.717, 1.165) is 21.3 Å². The molecule has 2 rings (SSSR count). The Bertz CT molecular complexity index is 559. The van der Waals surface area contributed by atoms with Gasteiger partial charge in [0.1, 0.15) is 5.75 Å². The van der Waals surface area contributed by atoms with E-state index in [9.17, 15) is 0 Å². The van der Waals surface area contributed by atoms with Crippen molar-refractivity contribution in [1.82, 2.24) is 5.43 Å². The number of nitrogens with one attached hydrogen (secondary N) is 1. The van der Waals surface area contributed by atoms with E-state index in [1.54, 1.807) is 19.4 Å². The number of nitrogens with two attached hydrogens (primary N) is 1. The van der Waals surface area contributed by atoms with E-state index >= 15 is 0 Å². The number of halogens is 2. The molecule has 0 saturated carbocycles. The molecular weight excluding hydrogens is 332 g/mol. The lowest BCUT2D eigenvalue weighted by Gasteiger charge is -2.16. The lowest BCUT2D eigenvalue weighted by atomic mass is 10.0. The van der Waals surface area contributed by atoms with Gasteiger partial charge in [0.05, 0.1) is 19.4 Å². The maximum atomic E-state index is 5.98. The van der Waals surface area contributed by atoms with Crippen LogP contribution in [0.25, 0.3) is 0 Å². The van der Waals surface area contributed by atoms with Gasteiger partial charge in [-0.15, -0.1) is 0 Å². The molecule has 0 fully saturated rings. The number of ether oxygens (including phenoxy) is 1. The number of furan rings is 1. The molecule has 1 aromatic carbocycles. The highest BCUT2D eigenvalue weighted by Gasteiger charge is 2.17. The fourth-order valence-corrected chi connectivity index (χ4v) is 2.52. The van der Waals surface area contributed by atoms with Crippen molar-refractivity contribution in [3.63, 3.8) is 0 Å². The lowest BCUT2D eigenvalue weighted by Crippen LogP contribution is -2.29. The minimum absolute atomic E-state index is 0.130. The second-order valence-electron chi connectivity index (χ2n) is 4.03. The molecule has 2 aromatic rings. The van der Waals surface area contributed by atoms with Crippen LogP contribution in [0.3, 0.4) is 0 Å². The minimum atomic E-state index is -0.130. The van der Waals surface area contributed by atoms with Crippen LogP contribution < -0.4 is 16.0 Å². The van der Waals surface area contributed by atoms with E-state index < -0.39 is 0 Å². The van der Waals surface area contributed by atoms with Crippen LogP contribution in [0.15, 0.2) is 39.4 Å². The van der Waals surface area contributed by atoms with Crippen molar-refractivity contribution in [2.45, 2.75) is 12.5 Å². The minimum Gasteiger partial charge on any atom is -0.497 e. The summed E-state index contributed by atoms with van der Waals surface area (Å²) in [6.45, 7) is 0. The van der Waals surface area contributed by atoms with Crippen LogP contribution in [0.4, 0.5) is 0 Å². The standard InChI is InChI=1S/C13H14BrClN2O2/c1-18-9-2-3-11(14)8(6-9)7-12(17-16)10-4-5-19-13(10)15/h2-6,12,17H,7,16H2,1H3. The van der Waals surface area contributed by atoms with Gasteiger partial charge in [-0.05, 0) is 47.9 Å². The van der Waals surface area contributed by atoms with Gasteiger partial charge in [0, 0.05) is 10.0 Å². The Labute approximate surface area is 125 Å². The summed E-state index contributed by atoms with van der Waals surface area (Å²) in [6, 6.07) is 7.47. The zero-order valence-corrected chi connectivity index (χ0v) is 12.7. The second-order valence-corrected chi connectivity index (χ2v) is 5.23. The fraction of sp³-hybridized carbons (Fsp3) is 0.231. The summed E-state index contributed by atoms with van der Waals surface area (Å²) < 4.78 is 11.3. The van der Waals surface area contributed by atoms with Gasteiger partial charge < -0.3 is 9.15 Å². The van der Waals surface area contributed by atoms with E-state index in [4.69, 9.17) is 26.6 Å². The third kappa shape index (κ3) is 3.30. The summed E-state index contributed by atoms with van der Waals surface area (Å²) in [4.78, 5) is 0. The molecule has 0 amide bonds. The number of hydrogen-bond acceptors (Lipinski definition) is 4. The Balaban J connectivity index is 2.26. The number of benzene rings is 1. The number of methoxy groups -OCH3 is 1. The van der Waals surface area contributed by atoms with Crippen molar-refractivity contribution in [1.29, 1.82) is 0 Å². The molecule has 1 heterocycles. The van der Waals surface area contributed by atoms with Crippen LogP contribution in [-0.4, -0.2) is 7.11 Å². The molecule has 0 radical (unpaired) electrons. The Morgan fingerprint density at radius 3 is 2.84 bits per heavy atom. The second kappa shape index (κ2) is 6.43. The van der Waals surface area contributed by atoms with Crippen molar-refractivity contribution in [3.05, 3.63) is 51.3 Å². The van der Waals surface area contributed by atoms with Gasteiger partial charge in [0.2, 0.25) is 0 Å². The summed E-state index contributed by atoms with van der Waals surface area (Å²) in [6.07, 6.45) is 2.20. The highest BCUT2D eigenvalue weighted by molar-refractivity contribution is 9.10. The molecule has 0 bridgehead atoms. The van der Waals surface area contributed by atoms with Crippen molar-refractivity contribution in [3.8, 4) is 5.75 Å². The summed E-state index contributed by atoms with van der Waals surface area (Å²) in [5.74, 6) is 6.40. The highest BCUT2D eigenvalue weighted by atomic mass is 79.9. The van der Waals surface area contributed by atoms with Crippen LogP contribution in [0.5, 0.6) is 5.75 Å². The first kappa shape index (κ1) is 14.4. The zero-order valence-electron chi connectivity index (χ0n) is 10.3. The predicted octanol–water partition coefficient (Wildman–Crippen LogP) is 3.45. The molecule has 1 aromatic heterocycles. The van der Waals surface area contributed by atoms with Gasteiger partial charge in [0.25, 0.3) is 0 Å². The molecule has 4 nitrogen and oxygen atoms in total. The van der Waals surface area contributed by atoms with Gasteiger partial charge in [-0.1, -0.05) is 15.9 Å². The molecule has 3 N–H and O–H groups in total. The first-order valence-corrected chi connectivity index (χ1v) is 6.84. The molecule has 0 spiro atoms. The molecule has 1 unspecified atom stereocenters. The summed E-state index contributed by atoms with van der Waals surface area (Å²) in [5.41, 5.74) is 4.65. The Morgan fingerprint density at radius 2 is 2.26 bits per heavy atom. The third-order valence-electron chi connectivity index (χ3n) is 2.90. The van der Waals surface area contributed by atoms with E-state index in [1.165, 1.54) is 0 Å². The first-order chi connectivity index (χ1) is 9.15. The largest absolute Gasteiger partial charge is 0.497 e. The SMILES string of the molecule is COc1ccc(Br)c(CC(NN)c2ccoc2Cl)c1. The summed E-state index contributed by atoms with van der Waals surface area (Å²) >= 11 is 9.50. The van der Waals surface area contributed by atoms with Crippen molar-refractivity contribution < 1.29 is 9.15 Å². The van der Waals surface area contributed by atoms with Gasteiger partial charge in [-0.2, -0.15) is 0 Å². The van der Waals surface area contributed by atoms with Crippen LogP contribution in [-0.2, 0) is 6.42 Å².